The SMILES string of the molecule is CCCCCCCC1CC[C@@H]2C[C@H](c3ccc(-c4cc(F)c(OC(F)(F)F)c(F)c4)cc3)CC[C@@H]2C1. The van der Waals surface area contributed by atoms with E-state index < -0.39 is 23.7 Å². The van der Waals surface area contributed by atoms with Crippen molar-refractivity contribution in [2.75, 3.05) is 0 Å². The molecule has 0 spiro atoms. The Labute approximate surface area is 211 Å². The lowest BCUT2D eigenvalue weighted by molar-refractivity contribution is -0.276. The van der Waals surface area contributed by atoms with Gasteiger partial charge in [-0.1, -0.05) is 76.1 Å². The second kappa shape index (κ2) is 12.0. The summed E-state index contributed by atoms with van der Waals surface area (Å²) >= 11 is 0. The van der Waals surface area contributed by atoms with Gasteiger partial charge in [0.05, 0.1) is 0 Å². The van der Waals surface area contributed by atoms with Gasteiger partial charge >= 0.3 is 6.36 Å². The summed E-state index contributed by atoms with van der Waals surface area (Å²) in [7, 11) is 0. The number of hydrogen-bond donors (Lipinski definition) is 0. The van der Waals surface area contributed by atoms with Crippen molar-refractivity contribution in [1.29, 1.82) is 0 Å². The van der Waals surface area contributed by atoms with Crippen molar-refractivity contribution >= 4 is 0 Å². The normalized spacial score (nSPS) is 24.4. The van der Waals surface area contributed by atoms with Crippen molar-refractivity contribution in [2.45, 2.75) is 96.3 Å². The first-order valence-corrected chi connectivity index (χ1v) is 13.6. The molecule has 2 aromatic rings. The van der Waals surface area contributed by atoms with Crippen LogP contribution in [0.5, 0.6) is 5.75 Å². The zero-order valence-corrected chi connectivity index (χ0v) is 21.1. The van der Waals surface area contributed by atoms with E-state index in [2.05, 4.69) is 11.7 Å². The predicted molar refractivity (Wildman–Crippen MR) is 133 cm³/mol. The minimum Gasteiger partial charge on any atom is -0.399 e. The Morgan fingerprint density at radius 3 is 2.08 bits per heavy atom. The van der Waals surface area contributed by atoms with Crippen LogP contribution in [0.1, 0.15) is 95.5 Å². The van der Waals surface area contributed by atoms with Crippen molar-refractivity contribution in [3.63, 3.8) is 0 Å². The maximum atomic E-state index is 14.1. The molecule has 2 aliphatic carbocycles. The fraction of sp³-hybridized carbons (Fsp3) is 0.600. The molecule has 2 saturated carbocycles. The van der Waals surface area contributed by atoms with Gasteiger partial charge in [-0.2, -0.15) is 0 Å². The molecule has 36 heavy (non-hydrogen) atoms. The van der Waals surface area contributed by atoms with Crippen molar-refractivity contribution in [3.8, 4) is 16.9 Å². The molecule has 4 atom stereocenters. The molecule has 0 saturated heterocycles. The Hall–Kier alpha value is -2.11. The zero-order chi connectivity index (χ0) is 25.7. The van der Waals surface area contributed by atoms with Crippen LogP contribution in [0.25, 0.3) is 11.1 Å². The molecule has 0 aliphatic heterocycles. The van der Waals surface area contributed by atoms with Crippen LogP contribution in [0.3, 0.4) is 0 Å². The summed E-state index contributed by atoms with van der Waals surface area (Å²) < 4.78 is 69.0. The summed E-state index contributed by atoms with van der Waals surface area (Å²) in [6, 6.07) is 9.36. The van der Waals surface area contributed by atoms with Gasteiger partial charge in [-0.05, 0) is 84.6 Å². The highest BCUT2D eigenvalue weighted by atomic mass is 19.4. The summed E-state index contributed by atoms with van der Waals surface area (Å²) in [6.07, 6.45) is 10.7. The smallest absolute Gasteiger partial charge is 0.399 e. The highest BCUT2D eigenvalue weighted by Gasteiger charge is 2.36. The quantitative estimate of drug-likeness (QED) is 0.242. The van der Waals surface area contributed by atoms with E-state index in [9.17, 15) is 22.0 Å². The fourth-order valence-corrected chi connectivity index (χ4v) is 6.48. The van der Waals surface area contributed by atoms with Crippen LogP contribution in [-0.4, -0.2) is 6.36 Å². The highest BCUT2D eigenvalue weighted by molar-refractivity contribution is 5.65. The number of benzene rings is 2. The number of alkyl halides is 3. The fourth-order valence-electron chi connectivity index (χ4n) is 6.48. The monoisotopic (exact) mass is 508 g/mol. The van der Waals surface area contributed by atoms with E-state index in [1.54, 1.807) is 12.1 Å². The third kappa shape index (κ3) is 7.01. The molecule has 6 heteroatoms. The largest absolute Gasteiger partial charge is 0.573 e. The maximum Gasteiger partial charge on any atom is 0.573 e. The molecular weight excluding hydrogens is 471 g/mol. The highest BCUT2D eigenvalue weighted by Crippen LogP contribution is 2.48. The lowest BCUT2D eigenvalue weighted by atomic mass is 9.63. The lowest BCUT2D eigenvalue weighted by Crippen LogP contribution is -2.30. The Kier molecular flexibility index (Phi) is 8.95. The van der Waals surface area contributed by atoms with Crippen molar-refractivity contribution in [2.24, 2.45) is 17.8 Å². The molecule has 0 amide bonds. The van der Waals surface area contributed by atoms with Gasteiger partial charge in [-0.3, -0.25) is 0 Å². The number of unbranched alkanes of at least 4 members (excludes halogenated alkanes) is 4. The van der Waals surface area contributed by atoms with Gasteiger partial charge in [-0.25, -0.2) is 8.78 Å². The molecular formula is C30H37F5O. The molecule has 1 nitrogen and oxygen atoms in total. The molecule has 198 valence electrons. The first-order valence-electron chi connectivity index (χ1n) is 13.6. The summed E-state index contributed by atoms with van der Waals surface area (Å²) in [6.45, 7) is 2.26. The number of ether oxygens (including phenoxy) is 1. The standard InChI is InChI=1S/C30H37F5O/c1-2-3-4-5-6-7-20-8-9-25-17-24(15-14-23(25)16-20)21-10-12-22(13-11-21)26-18-27(31)29(28(32)19-26)36-30(33,34)35/h10-13,18-20,23-25H,2-9,14-17H2,1H3/t20?,23-,24-,25-/m1/s1. The number of halogens is 5. The number of rotatable bonds is 9. The average Bonchev–Trinajstić information content (AvgIpc) is 2.85. The lowest BCUT2D eigenvalue weighted by Gasteiger charge is -2.42. The van der Waals surface area contributed by atoms with Gasteiger partial charge in [0, 0.05) is 0 Å². The average molecular weight is 509 g/mol. The second-order valence-corrected chi connectivity index (χ2v) is 10.9. The topological polar surface area (TPSA) is 9.23 Å². The van der Waals surface area contributed by atoms with Crippen LogP contribution in [0.15, 0.2) is 36.4 Å². The minimum atomic E-state index is -5.16. The van der Waals surface area contributed by atoms with Crippen LogP contribution >= 0.6 is 0 Å². The zero-order valence-electron chi connectivity index (χ0n) is 21.1. The summed E-state index contributed by atoms with van der Waals surface area (Å²) in [5, 5.41) is 0. The Bertz CT molecular complexity index is 961. The molecule has 0 aromatic heterocycles. The van der Waals surface area contributed by atoms with Crippen LogP contribution in [-0.2, 0) is 0 Å². The van der Waals surface area contributed by atoms with Crippen LogP contribution in [0, 0.1) is 29.4 Å². The number of fused-ring (bicyclic) bond motifs is 1. The molecule has 0 N–H and O–H groups in total. The van der Waals surface area contributed by atoms with E-state index in [0.717, 1.165) is 36.3 Å². The third-order valence-electron chi connectivity index (χ3n) is 8.37. The molecule has 0 radical (unpaired) electrons. The second-order valence-electron chi connectivity index (χ2n) is 10.9. The first-order chi connectivity index (χ1) is 17.2. The van der Waals surface area contributed by atoms with Gasteiger partial charge in [0.2, 0.25) is 5.75 Å². The van der Waals surface area contributed by atoms with E-state index in [-0.39, 0.29) is 5.56 Å². The molecule has 2 aliphatic rings. The maximum absolute atomic E-state index is 14.1. The molecule has 0 bridgehead atoms. The van der Waals surface area contributed by atoms with Crippen LogP contribution in [0.4, 0.5) is 22.0 Å². The van der Waals surface area contributed by atoms with E-state index in [4.69, 9.17) is 0 Å². The molecule has 0 heterocycles. The summed E-state index contributed by atoms with van der Waals surface area (Å²) in [5.74, 6) is -1.16. The molecule has 2 aromatic carbocycles. The van der Waals surface area contributed by atoms with Crippen LogP contribution in [0.2, 0.25) is 0 Å². The first kappa shape index (κ1) is 26.9. The van der Waals surface area contributed by atoms with Crippen molar-refractivity contribution in [1.82, 2.24) is 0 Å². The summed E-state index contributed by atoms with van der Waals surface area (Å²) in [5.41, 5.74) is 1.97. The third-order valence-corrected chi connectivity index (χ3v) is 8.37. The number of hydrogen-bond acceptors (Lipinski definition) is 1. The van der Waals surface area contributed by atoms with Gasteiger partial charge in [-0.15, -0.1) is 13.2 Å². The Morgan fingerprint density at radius 2 is 1.42 bits per heavy atom. The van der Waals surface area contributed by atoms with Crippen molar-refractivity contribution < 1.29 is 26.7 Å². The van der Waals surface area contributed by atoms with E-state index in [1.165, 1.54) is 76.2 Å². The van der Waals surface area contributed by atoms with Gasteiger partial charge < -0.3 is 4.74 Å². The van der Waals surface area contributed by atoms with E-state index in [1.807, 2.05) is 12.1 Å². The molecule has 4 rings (SSSR count). The van der Waals surface area contributed by atoms with E-state index in [0.29, 0.717) is 11.5 Å². The Balaban J connectivity index is 1.33. The van der Waals surface area contributed by atoms with Crippen LogP contribution < -0.4 is 4.74 Å². The molecule has 1 unspecified atom stereocenters. The predicted octanol–water partition coefficient (Wildman–Crippen LogP) is 10.2. The minimum absolute atomic E-state index is 0.183. The van der Waals surface area contributed by atoms with E-state index >= 15 is 0 Å². The molecule has 2 fully saturated rings. The van der Waals surface area contributed by atoms with Gasteiger partial charge in [0.25, 0.3) is 0 Å². The summed E-state index contributed by atoms with van der Waals surface area (Å²) in [4.78, 5) is 0. The van der Waals surface area contributed by atoms with Gasteiger partial charge in [0.15, 0.2) is 11.6 Å². The van der Waals surface area contributed by atoms with Crippen molar-refractivity contribution in [3.05, 3.63) is 53.6 Å². The van der Waals surface area contributed by atoms with Gasteiger partial charge in [0.1, 0.15) is 0 Å². The Morgan fingerprint density at radius 1 is 0.778 bits per heavy atom.